The van der Waals surface area contributed by atoms with E-state index in [1.807, 2.05) is 6.92 Å². The molecule has 4 N–H and O–H groups in total. The summed E-state index contributed by atoms with van der Waals surface area (Å²) in [5, 5.41) is 41.6. The van der Waals surface area contributed by atoms with Gasteiger partial charge in [0.15, 0.2) is 0 Å². The molecule has 0 amide bonds. The molecule has 6 nitrogen and oxygen atoms in total. The summed E-state index contributed by atoms with van der Waals surface area (Å²) >= 11 is 0. The second kappa shape index (κ2) is 3.88. The first kappa shape index (κ1) is 14.1. The zero-order valence-corrected chi connectivity index (χ0v) is 12.2. The minimum absolute atomic E-state index is 0.333. The molecule has 8 atom stereocenters. The average molecular weight is 298 g/mol. The number of rotatable bonds is 1. The highest BCUT2D eigenvalue weighted by atomic mass is 16.6. The maximum atomic E-state index is 10.8. The predicted molar refractivity (Wildman–Crippen MR) is 71.4 cm³/mol. The van der Waals surface area contributed by atoms with E-state index in [1.54, 1.807) is 13.0 Å². The predicted octanol–water partition coefficient (Wildman–Crippen LogP) is -1.05. The van der Waals surface area contributed by atoms with Crippen molar-refractivity contribution in [2.24, 2.45) is 10.8 Å². The van der Waals surface area contributed by atoms with Gasteiger partial charge in [-0.2, -0.15) is 0 Å². The molecule has 4 rings (SSSR count). The van der Waals surface area contributed by atoms with E-state index in [1.165, 1.54) is 0 Å². The van der Waals surface area contributed by atoms with E-state index in [0.29, 0.717) is 18.6 Å². The number of aliphatic hydroxyl groups excluding tert-OH is 4. The summed E-state index contributed by atoms with van der Waals surface area (Å²) in [5.41, 5.74) is -1.76. The summed E-state index contributed by atoms with van der Waals surface area (Å²) < 4.78 is 11.7. The molecule has 0 aromatic rings. The lowest BCUT2D eigenvalue weighted by molar-refractivity contribution is -0.261. The Balaban J connectivity index is 1.93. The van der Waals surface area contributed by atoms with Crippen molar-refractivity contribution in [3.8, 4) is 0 Å². The molecule has 1 saturated carbocycles. The molecule has 0 aromatic heterocycles. The van der Waals surface area contributed by atoms with Crippen LogP contribution in [0.5, 0.6) is 0 Å². The van der Waals surface area contributed by atoms with Crippen LogP contribution in [0.2, 0.25) is 0 Å². The summed E-state index contributed by atoms with van der Waals surface area (Å²) in [5.74, 6) is 0. The third-order valence-electron chi connectivity index (χ3n) is 6.61. The van der Waals surface area contributed by atoms with Crippen LogP contribution in [0.15, 0.2) is 11.6 Å². The molecule has 0 unspecified atom stereocenters. The smallest absolute Gasteiger partial charge is 0.126 e. The van der Waals surface area contributed by atoms with Crippen molar-refractivity contribution in [2.75, 3.05) is 13.2 Å². The second-order valence-electron chi connectivity index (χ2n) is 7.26. The highest BCUT2D eigenvalue weighted by Crippen LogP contribution is 2.71. The Morgan fingerprint density at radius 3 is 2.57 bits per heavy atom. The van der Waals surface area contributed by atoms with Crippen LogP contribution in [0.25, 0.3) is 0 Å². The number of ether oxygens (including phenoxy) is 2. The molecule has 118 valence electrons. The van der Waals surface area contributed by atoms with E-state index in [2.05, 4.69) is 0 Å². The van der Waals surface area contributed by atoms with Gasteiger partial charge in [-0.25, -0.2) is 0 Å². The van der Waals surface area contributed by atoms with Crippen molar-refractivity contribution < 1.29 is 29.9 Å². The summed E-state index contributed by atoms with van der Waals surface area (Å²) in [6.45, 7) is 3.78. The summed E-state index contributed by atoms with van der Waals surface area (Å²) in [7, 11) is 0. The number of fused-ring (bicyclic) bond motifs is 2. The lowest BCUT2D eigenvalue weighted by atomic mass is 9.50. The Kier molecular flexibility index (Phi) is 2.60. The fourth-order valence-corrected chi connectivity index (χ4v) is 5.17. The maximum Gasteiger partial charge on any atom is 0.126 e. The van der Waals surface area contributed by atoms with Gasteiger partial charge in [0, 0.05) is 5.41 Å². The average Bonchev–Trinajstić information content (AvgIpc) is 3.20. The first-order valence-corrected chi connectivity index (χ1v) is 7.47. The molecule has 1 spiro atoms. The lowest BCUT2D eigenvalue weighted by Gasteiger charge is -2.59. The molecular formula is C15H22O6. The first-order chi connectivity index (χ1) is 9.84. The van der Waals surface area contributed by atoms with E-state index < -0.39 is 47.0 Å². The quantitative estimate of drug-likeness (QED) is 0.364. The van der Waals surface area contributed by atoms with Crippen LogP contribution >= 0.6 is 0 Å². The molecule has 2 saturated heterocycles. The largest absolute Gasteiger partial charge is 0.396 e. The zero-order chi connectivity index (χ0) is 15.2. The molecule has 2 aliphatic carbocycles. The van der Waals surface area contributed by atoms with Crippen LogP contribution in [-0.2, 0) is 9.47 Å². The third kappa shape index (κ3) is 1.27. The second-order valence-corrected chi connectivity index (χ2v) is 7.26. The topological polar surface area (TPSA) is 103 Å². The van der Waals surface area contributed by atoms with Gasteiger partial charge in [0.1, 0.15) is 17.8 Å². The van der Waals surface area contributed by atoms with Gasteiger partial charge in [-0.05, 0) is 18.9 Å². The van der Waals surface area contributed by atoms with Crippen molar-refractivity contribution in [1.29, 1.82) is 0 Å². The summed E-state index contributed by atoms with van der Waals surface area (Å²) in [6.07, 6.45) is -1.72. The summed E-state index contributed by atoms with van der Waals surface area (Å²) in [6, 6.07) is 0. The number of hydrogen-bond acceptors (Lipinski definition) is 6. The van der Waals surface area contributed by atoms with Gasteiger partial charge in [0.2, 0.25) is 0 Å². The van der Waals surface area contributed by atoms with Crippen LogP contribution in [0, 0.1) is 10.8 Å². The SMILES string of the molecule is CC1=C[C@H]2O[C@@H]3[C@H](O)C[C@](C)([C@@]2(CO)[C@H](O)[C@@H]1O)[C@]31CO1. The van der Waals surface area contributed by atoms with Crippen LogP contribution < -0.4 is 0 Å². The van der Waals surface area contributed by atoms with Gasteiger partial charge in [0.25, 0.3) is 0 Å². The minimum atomic E-state index is -1.16. The van der Waals surface area contributed by atoms with E-state index >= 15 is 0 Å². The van der Waals surface area contributed by atoms with Crippen LogP contribution in [0.4, 0.5) is 0 Å². The van der Waals surface area contributed by atoms with E-state index in [-0.39, 0.29) is 6.61 Å². The molecule has 6 heteroatoms. The monoisotopic (exact) mass is 298 g/mol. The Morgan fingerprint density at radius 2 is 2.00 bits per heavy atom. The number of aliphatic hydroxyl groups is 4. The zero-order valence-electron chi connectivity index (χ0n) is 12.2. The maximum absolute atomic E-state index is 10.8. The van der Waals surface area contributed by atoms with Crippen LogP contribution in [0.1, 0.15) is 20.3 Å². The Bertz CT molecular complexity index is 514. The molecule has 2 bridgehead atoms. The molecule has 3 fully saturated rings. The van der Waals surface area contributed by atoms with E-state index in [4.69, 9.17) is 9.47 Å². The minimum Gasteiger partial charge on any atom is -0.396 e. The van der Waals surface area contributed by atoms with Crippen LogP contribution in [-0.4, -0.2) is 69.8 Å². The van der Waals surface area contributed by atoms with Gasteiger partial charge < -0.3 is 29.9 Å². The number of epoxide rings is 1. The standard InChI is InChI=1S/C15H22O6/c1-7-3-9-14(5-16,11(19)10(7)18)13(2)4-8(17)12(21-9)15(13)6-20-15/h3,8-12,16-19H,4-6H2,1-2H3/t8-,9-,10-,11-,12-,13-,14-,15+/m1/s1. The van der Waals surface area contributed by atoms with Crippen molar-refractivity contribution in [1.82, 2.24) is 0 Å². The van der Waals surface area contributed by atoms with Gasteiger partial charge >= 0.3 is 0 Å². The Labute approximate surface area is 123 Å². The summed E-state index contributed by atoms with van der Waals surface area (Å²) in [4.78, 5) is 0. The molecule has 21 heavy (non-hydrogen) atoms. The van der Waals surface area contributed by atoms with Crippen molar-refractivity contribution in [3.63, 3.8) is 0 Å². The third-order valence-corrected chi connectivity index (χ3v) is 6.61. The molecule has 0 aromatic carbocycles. The molecule has 2 aliphatic heterocycles. The molecule has 4 aliphatic rings. The fourth-order valence-electron chi connectivity index (χ4n) is 5.17. The highest BCUT2D eigenvalue weighted by Gasteiger charge is 2.82. The van der Waals surface area contributed by atoms with Gasteiger partial charge in [-0.1, -0.05) is 13.0 Å². The van der Waals surface area contributed by atoms with Crippen LogP contribution in [0.3, 0.4) is 0 Å². The van der Waals surface area contributed by atoms with Crippen molar-refractivity contribution >= 4 is 0 Å². The fraction of sp³-hybridized carbons (Fsp3) is 0.867. The highest BCUT2D eigenvalue weighted by molar-refractivity contribution is 5.35. The van der Waals surface area contributed by atoms with Gasteiger partial charge in [-0.15, -0.1) is 0 Å². The Morgan fingerprint density at radius 1 is 1.33 bits per heavy atom. The molecular weight excluding hydrogens is 276 g/mol. The normalized spacial score (nSPS) is 61.6. The lowest BCUT2D eigenvalue weighted by Crippen LogP contribution is -2.71. The van der Waals surface area contributed by atoms with Gasteiger partial charge in [0.05, 0.1) is 36.9 Å². The molecule has 2 heterocycles. The van der Waals surface area contributed by atoms with Gasteiger partial charge in [-0.3, -0.25) is 0 Å². The molecule has 0 radical (unpaired) electrons. The van der Waals surface area contributed by atoms with E-state index in [9.17, 15) is 20.4 Å². The Hall–Kier alpha value is -0.500. The first-order valence-electron chi connectivity index (χ1n) is 7.47. The number of hydrogen-bond donors (Lipinski definition) is 4. The van der Waals surface area contributed by atoms with E-state index in [0.717, 1.165) is 0 Å². The van der Waals surface area contributed by atoms with Crippen molar-refractivity contribution in [3.05, 3.63) is 11.6 Å². The van der Waals surface area contributed by atoms with Crippen molar-refractivity contribution in [2.45, 2.75) is 56.4 Å².